The van der Waals surface area contributed by atoms with E-state index in [9.17, 15) is 0 Å². The van der Waals surface area contributed by atoms with Gasteiger partial charge in [-0.1, -0.05) is 11.6 Å². The number of halogens is 1. The predicted octanol–water partition coefficient (Wildman–Crippen LogP) is 3.28. The molecule has 1 aromatic heterocycles. The zero-order valence-corrected chi connectivity index (χ0v) is 9.64. The molecular formula is C12H14ClNO. The van der Waals surface area contributed by atoms with Crippen LogP contribution in [-0.4, -0.2) is 6.04 Å². The first kappa shape index (κ1) is 10.5. The SMILES string of the molecule is Cc1oc2cc(Cl)ccc2c1CC(C)N. The molecule has 2 nitrogen and oxygen atoms in total. The Morgan fingerprint density at radius 3 is 2.87 bits per heavy atom. The van der Waals surface area contributed by atoms with E-state index < -0.39 is 0 Å². The zero-order valence-electron chi connectivity index (χ0n) is 8.88. The molecule has 2 rings (SSSR count). The Morgan fingerprint density at radius 2 is 2.20 bits per heavy atom. The molecule has 0 aliphatic heterocycles. The maximum Gasteiger partial charge on any atom is 0.136 e. The van der Waals surface area contributed by atoms with E-state index in [1.165, 1.54) is 5.56 Å². The van der Waals surface area contributed by atoms with E-state index >= 15 is 0 Å². The van der Waals surface area contributed by atoms with Crippen LogP contribution in [-0.2, 0) is 6.42 Å². The van der Waals surface area contributed by atoms with Gasteiger partial charge in [0.25, 0.3) is 0 Å². The smallest absolute Gasteiger partial charge is 0.136 e. The van der Waals surface area contributed by atoms with E-state index in [0.29, 0.717) is 5.02 Å². The van der Waals surface area contributed by atoms with Crippen LogP contribution in [0.5, 0.6) is 0 Å². The van der Waals surface area contributed by atoms with Gasteiger partial charge in [0.2, 0.25) is 0 Å². The molecule has 0 saturated heterocycles. The van der Waals surface area contributed by atoms with Crippen LogP contribution in [0.15, 0.2) is 22.6 Å². The lowest BCUT2D eigenvalue weighted by atomic mass is 10.0. The van der Waals surface area contributed by atoms with Gasteiger partial charge in [0.05, 0.1) is 0 Å². The van der Waals surface area contributed by atoms with E-state index in [1.54, 1.807) is 0 Å². The van der Waals surface area contributed by atoms with E-state index in [4.69, 9.17) is 21.8 Å². The minimum absolute atomic E-state index is 0.139. The van der Waals surface area contributed by atoms with Crippen LogP contribution in [0.25, 0.3) is 11.0 Å². The van der Waals surface area contributed by atoms with Crippen LogP contribution in [0.2, 0.25) is 5.02 Å². The lowest BCUT2D eigenvalue weighted by molar-refractivity contribution is 0.567. The standard InChI is InChI=1S/C12H14ClNO/c1-7(14)5-11-8(2)15-12-6-9(13)3-4-10(11)12/h3-4,6-7H,5,14H2,1-2H3. The summed E-state index contributed by atoms with van der Waals surface area (Å²) in [4.78, 5) is 0. The largest absolute Gasteiger partial charge is 0.461 e. The number of benzene rings is 1. The lowest BCUT2D eigenvalue weighted by Gasteiger charge is -2.03. The summed E-state index contributed by atoms with van der Waals surface area (Å²) in [5.74, 6) is 0.935. The molecule has 1 atom stereocenters. The molecule has 0 amide bonds. The Hall–Kier alpha value is -0.990. The second kappa shape index (κ2) is 3.87. The summed E-state index contributed by atoms with van der Waals surface area (Å²) in [5, 5.41) is 1.82. The molecule has 0 fully saturated rings. The molecule has 0 aliphatic rings. The van der Waals surface area contributed by atoms with E-state index in [1.807, 2.05) is 32.0 Å². The average molecular weight is 224 g/mol. The van der Waals surface area contributed by atoms with Gasteiger partial charge in [0.15, 0.2) is 0 Å². The van der Waals surface area contributed by atoms with Gasteiger partial charge < -0.3 is 10.2 Å². The van der Waals surface area contributed by atoms with Crippen molar-refractivity contribution in [3.05, 3.63) is 34.5 Å². The summed E-state index contributed by atoms with van der Waals surface area (Å²) in [5.41, 5.74) is 7.84. The zero-order chi connectivity index (χ0) is 11.0. The summed E-state index contributed by atoms with van der Waals surface area (Å²) in [6.45, 7) is 3.96. The number of hydrogen-bond donors (Lipinski definition) is 1. The van der Waals surface area contributed by atoms with Crippen LogP contribution in [0.1, 0.15) is 18.2 Å². The number of furan rings is 1. The molecule has 2 aromatic rings. The highest BCUT2D eigenvalue weighted by Gasteiger charge is 2.12. The second-order valence-corrected chi connectivity index (χ2v) is 4.40. The van der Waals surface area contributed by atoms with Gasteiger partial charge >= 0.3 is 0 Å². The quantitative estimate of drug-likeness (QED) is 0.849. The number of hydrogen-bond acceptors (Lipinski definition) is 2. The third-order valence-electron chi connectivity index (χ3n) is 2.48. The Kier molecular flexibility index (Phi) is 2.72. The van der Waals surface area contributed by atoms with Crippen molar-refractivity contribution in [2.75, 3.05) is 0 Å². The summed E-state index contributed by atoms with van der Waals surface area (Å²) in [6, 6.07) is 5.85. The van der Waals surface area contributed by atoms with Gasteiger partial charge in [-0.25, -0.2) is 0 Å². The molecule has 3 heteroatoms. The molecule has 0 aliphatic carbocycles. The van der Waals surface area contributed by atoms with Gasteiger partial charge in [-0.3, -0.25) is 0 Å². The van der Waals surface area contributed by atoms with Crippen molar-refractivity contribution >= 4 is 22.6 Å². The van der Waals surface area contributed by atoms with E-state index in [2.05, 4.69) is 0 Å². The highest BCUT2D eigenvalue weighted by molar-refractivity contribution is 6.31. The molecule has 15 heavy (non-hydrogen) atoms. The first-order chi connectivity index (χ1) is 7.08. The van der Waals surface area contributed by atoms with Crippen LogP contribution in [0, 0.1) is 6.92 Å². The van der Waals surface area contributed by atoms with Crippen molar-refractivity contribution in [3.8, 4) is 0 Å². The average Bonchev–Trinajstić information content (AvgIpc) is 2.41. The van der Waals surface area contributed by atoms with Crippen LogP contribution >= 0.6 is 11.6 Å². The van der Waals surface area contributed by atoms with Gasteiger partial charge in [0, 0.05) is 28.1 Å². The van der Waals surface area contributed by atoms with Crippen molar-refractivity contribution in [2.24, 2.45) is 5.73 Å². The van der Waals surface area contributed by atoms with Crippen molar-refractivity contribution in [2.45, 2.75) is 26.3 Å². The Labute approximate surface area is 94.0 Å². The summed E-state index contributed by atoms with van der Waals surface area (Å²) < 4.78 is 5.64. The van der Waals surface area contributed by atoms with Crippen molar-refractivity contribution in [1.82, 2.24) is 0 Å². The van der Waals surface area contributed by atoms with E-state index in [-0.39, 0.29) is 6.04 Å². The third-order valence-corrected chi connectivity index (χ3v) is 2.72. The second-order valence-electron chi connectivity index (χ2n) is 3.96. The minimum Gasteiger partial charge on any atom is -0.461 e. The monoisotopic (exact) mass is 223 g/mol. The first-order valence-corrected chi connectivity index (χ1v) is 5.39. The summed E-state index contributed by atoms with van der Waals surface area (Å²) >= 11 is 5.90. The van der Waals surface area contributed by atoms with Gasteiger partial charge in [-0.15, -0.1) is 0 Å². The molecule has 2 N–H and O–H groups in total. The highest BCUT2D eigenvalue weighted by atomic mass is 35.5. The van der Waals surface area contributed by atoms with Crippen LogP contribution < -0.4 is 5.73 Å². The van der Waals surface area contributed by atoms with Crippen LogP contribution in [0.4, 0.5) is 0 Å². The highest BCUT2D eigenvalue weighted by Crippen LogP contribution is 2.28. The lowest BCUT2D eigenvalue weighted by Crippen LogP contribution is -2.17. The fourth-order valence-electron chi connectivity index (χ4n) is 1.82. The van der Waals surface area contributed by atoms with Gasteiger partial charge in [-0.2, -0.15) is 0 Å². The van der Waals surface area contributed by atoms with Gasteiger partial charge in [-0.05, 0) is 32.4 Å². The molecular weight excluding hydrogens is 210 g/mol. The summed E-state index contributed by atoms with van der Waals surface area (Å²) in [7, 11) is 0. The molecule has 1 heterocycles. The molecule has 80 valence electrons. The fourth-order valence-corrected chi connectivity index (χ4v) is 1.98. The summed E-state index contributed by atoms with van der Waals surface area (Å²) in [6.07, 6.45) is 0.834. The normalized spacial score (nSPS) is 13.3. The van der Waals surface area contributed by atoms with Crippen molar-refractivity contribution < 1.29 is 4.42 Å². The Balaban J connectivity index is 2.58. The Bertz CT molecular complexity index is 488. The number of rotatable bonds is 2. The third kappa shape index (κ3) is 2.01. The number of aryl methyl sites for hydroxylation is 1. The first-order valence-electron chi connectivity index (χ1n) is 5.01. The minimum atomic E-state index is 0.139. The van der Waals surface area contributed by atoms with E-state index in [0.717, 1.165) is 23.2 Å². The Morgan fingerprint density at radius 1 is 1.47 bits per heavy atom. The number of nitrogens with two attached hydrogens (primary N) is 1. The van der Waals surface area contributed by atoms with Gasteiger partial charge in [0.1, 0.15) is 11.3 Å². The number of fused-ring (bicyclic) bond motifs is 1. The molecule has 0 spiro atoms. The molecule has 0 saturated carbocycles. The van der Waals surface area contributed by atoms with Crippen molar-refractivity contribution in [1.29, 1.82) is 0 Å². The molecule has 1 aromatic carbocycles. The van der Waals surface area contributed by atoms with Crippen molar-refractivity contribution in [3.63, 3.8) is 0 Å². The molecule has 0 bridgehead atoms. The molecule has 1 unspecified atom stereocenters. The van der Waals surface area contributed by atoms with Crippen LogP contribution in [0.3, 0.4) is 0 Å². The fraction of sp³-hybridized carbons (Fsp3) is 0.333. The molecule has 0 radical (unpaired) electrons. The predicted molar refractivity (Wildman–Crippen MR) is 63.3 cm³/mol. The maximum atomic E-state index is 5.90. The maximum absolute atomic E-state index is 5.90. The topological polar surface area (TPSA) is 39.2 Å².